The number of fused-ring (bicyclic) bond motifs is 1. The van der Waals surface area contributed by atoms with E-state index in [-0.39, 0.29) is 49.4 Å². The Morgan fingerprint density at radius 1 is 0.848 bits per heavy atom. The van der Waals surface area contributed by atoms with Gasteiger partial charge in [0.05, 0.1) is 38.3 Å². The average Bonchev–Trinajstić information content (AvgIpc) is 3.39. The zero-order valence-electron chi connectivity index (χ0n) is 23.5. The molecule has 5 aromatic carbocycles. The SMILES string of the molecule is N#Cc1ccccc1-c1c(-c2c(C(=O)O)ccc(-c3ccccc3)c2Cl)n(S(=O)(=O)c2ccc(C(F)F)cc2)c2ccc(F)cc12. The lowest BCUT2D eigenvalue weighted by Crippen LogP contribution is -2.16. The minimum atomic E-state index is -4.73. The van der Waals surface area contributed by atoms with Crippen molar-refractivity contribution in [2.45, 2.75) is 11.3 Å². The van der Waals surface area contributed by atoms with Gasteiger partial charge in [-0.2, -0.15) is 5.26 Å². The molecule has 6 aromatic rings. The van der Waals surface area contributed by atoms with Crippen LogP contribution < -0.4 is 0 Å². The molecule has 0 spiro atoms. The molecule has 1 heterocycles. The number of rotatable bonds is 7. The number of alkyl halides is 2. The van der Waals surface area contributed by atoms with Gasteiger partial charge in [0.2, 0.25) is 0 Å². The highest BCUT2D eigenvalue weighted by Crippen LogP contribution is 2.49. The second-order valence-electron chi connectivity index (χ2n) is 10.2. The Kier molecular flexibility index (Phi) is 7.90. The molecule has 11 heteroatoms. The smallest absolute Gasteiger partial charge is 0.336 e. The number of benzene rings is 5. The molecule has 0 saturated carbocycles. The fourth-order valence-electron chi connectivity index (χ4n) is 5.50. The molecule has 0 bridgehead atoms. The maximum atomic E-state index is 15.0. The third-order valence-corrected chi connectivity index (χ3v) is 9.69. The molecule has 0 saturated heterocycles. The Hall–Kier alpha value is -5.37. The van der Waals surface area contributed by atoms with Crippen LogP contribution in [0.2, 0.25) is 5.02 Å². The van der Waals surface area contributed by atoms with E-state index in [1.165, 1.54) is 30.3 Å². The largest absolute Gasteiger partial charge is 0.478 e. The second kappa shape index (κ2) is 11.9. The van der Waals surface area contributed by atoms with Gasteiger partial charge in [0.1, 0.15) is 5.82 Å². The zero-order valence-corrected chi connectivity index (χ0v) is 25.0. The number of carbonyl (C=O) groups is 1. The quantitative estimate of drug-likeness (QED) is 0.185. The van der Waals surface area contributed by atoms with E-state index in [2.05, 4.69) is 6.07 Å². The van der Waals surface area contributed by atoms with Gasteiger partial charge in [-0.15, -0.1) is 0 Å². The van der Waals surface area contributed by atoms with Crippen molar-refractivity contribution in [2.24, 2.45) is 0 Å². The molecule has 0 amide bonds. The molecule has 0 unspecified atom stereocenters. The summed E-state index contributed by atoms with van der Waals surface area (Å²) in [6, 6.07) is 27.1. The van der Waals surface area contributed by atoms with Crippen molar-refractivity contribution >= 4 is 38.5 Å². The van der Waals surface area contributed by atoms with Crippen LogP contribution in [0.5, 0.6) is 0 Å². The summed E-state index contributed by atoms with van der Waals surface area (Å²) in [5, 5.41) is 20.4. The average molecular weight is 657 g/mol. The molecule has 0 aliphatic rings. The number of halogens is 4. The molecule has 0 aliphatic carbocycles. The Balaban J connectivity index is 1.85. The zero-order chi connectivity index (χ0) is 32.7. The van der Waals surface area contributed by atoms with Crippen LogP contribution in [-0.2, 0) is 10.0 Å². The Bertz CT molecular complexity index is 2320. The number of hydrogen-bond acceptors (Lipinski definition) is 4. The molecule has 1 aromatic heterocycles. The molecule has 6 rings (SSSR count). The number of aromatic nitrogens is 1. The van der Waals surface area contributed by atoms with Crippen LogP contribution in [-0.4, -0.2) is 23.5 Å². The summed E-state index contributed by atoms with van der Waals surface area (Å²) in [5.41, 5.74) is 0.00945. The predicted molar refractivity (Wildman–Crippen MR) is 169 cm³/mol. The monoisotopic (exact) mass is 656 g/mol. The number of carboxylic acids is 1. The van der Waals surface area contributed by atoms with Crippen LogP contribution in [0, 0.1) is 17.1 Å². The summed E-state index contributed by atoms with van der Waals surface area (Å²) in [7, 11) is -4.73. The first-order chi connectivity index (χ1) is 22.0. The van der Waals surface area contributed by atoms with Crippen molar-refractivity contribution < 1.29 is 31.5 Å². The van der Waals surface area contributed by atoms with Crippen LogP contribution >= 0.6 is 11.6 Å². The molecule has 46 heavy (non-hydrogen) atoms. The highest BCUT2D eigenvalue weighted by Gasteiger charge is 2.34. The minimum absolute atomic E-state index is 0.0361. The van der Waals surface area contributed by atoms with Gasteiger partial charge >= 0.3 is 5.97 Å². The van der Waals surface area contributed by atoms with Crippen molar-refractivity contribution in [3.8, 4) is 39.6 Å². The van der Waals surface area contributed by atoms with E-state index in [4.69, 9.17) is 11.6 Å². The predicted octanol–water partition coefficient (Wildman–Crippen LogP) is 9.18. The van der Waals surface area contributed by atoms with E-state index in [1.807, 2.05) is 0 Å². The van der Waals surface area contributed by atoms with Gasteiger partial charge < -0.3 is 5.11 Å². The Morgan fingerprint density at radius 2 is 1.52 bits per heavy atom. The lowest BCUT2D eigenvalue weighted by molar-refractivity contribution is 0.0697. The summed E-state index contributed by atoms with van der Waals surface area (Å²) < 4.78 is 71.7. The molecular weight excluding hydrogens is 637 g/mol. The fraction of sp³-hybridized carbons (Fsp3) is 0.0286. The highest BCUT2D eigenvalue weighted by atomic mass is 35.5. The van der Waals surface area contributed by atoms with E-state index < -0.39 is 38.7 Å². The lowest BCUT2D eigenvalue weighted by Gasteiger charge is -2.19. The van der Waals surface area contributed by atoms with E-state index in [0.717, 1.165) is 40.4 Å². The summed E-state index contributed by atoms with van der Waals surface area (Å²) >= 11 is 7.05. The van der Waals surface area contributed by atoms with E-state index in [1.54, 1.807) is 42.5 Å². The van der Waals surface area contributed by atoms with Crippen LogP contribution in [0.3, 0.4) is 0 Å². The van der Waals surface area contributed by atoms with Crippen molar-refractivity contribution in [3.63, 3.8) is 0 Å². The normalized spacial score (nSPS) is 11.6. The first-order valence-electron chi connectivity index (χ1n) is 13.6. The van der Waals surface area contributed by atoms with Gasteiger partial charge in [0.15, 0.2) is 0 Å². The number of hydrogen-bond donors (Lipinski definition) is 1. The van der Waals surface area contributed by atoms with Crippen LogP contribution in [0.4, 0.5) is 13.2 Å². The van der Waals surface area contributed by atoms with Gasteiger partial charge in [-0.05, 0) is 48.0 Å². The van der Waals surface area contributed by atoms with E-state index in [0.29, 0.717) is 11.1 Å². The molecule has 228 valence electrons. The van der Waals surface area contributed by atoms with Gasteiger partial charge in [0.25, 0.3) is 16.4 Å². The number of nitrogens with zero attached hydrogens (tertiary/aromatic N) is 2. The van der Waals surface area contributed by atoms with Gasteiger partial charge in [-0.25, -0.2) is 30.4 Å². The molecule has 0 atom stereocenters. The molecule has 0 aliphatic heterocycles. The van der Waals surface area contributed by atoms with Crippen molar-refractivity contribution in [3.05, 3.63) is 137 Å². The lowest BCUT2D eigenvalue weighted by atomic mass is 9.91. The molecule has 0 fully saturated rings. The topological polar surface area (TPSA) is 100 Å². The number of aromatic carboxylic acids is 1. The van der Waals surface area contributed by atoms with E-state index >= 15 is 0 Å². The van der Waals surface area contributed by atoms with Crippen LogP contribution in [0.15, 0.2) is 114 Å². The Labute approximate surface area is 266 Å². The highest BCUT2D eigenvalue weighted by molar-refractivity contribution is 7.90. The van der Waals surface area contributed by atoms with Crippen molar-refractivity contribution in [2.75, 3.05) is 0 Å². The van der Waals surface area contributed by atoms with Crippen LogP contribution in [0.1, 0.15) is 27.9 Å². The molecule has 6 nitrogen and oxygen atoms in total. The summed E-state index contributed by atoms with van der Waals surface area (Å²) in [5.74, 6) is -2.16. The van der Waals surface area contributed by atoms with Crippen molar-refractivity contribution in [1.82, 2.24) is 3.97 Å². The molecule has 0 radical (unpaired) electrons. The van der Waals surface area contributed by atoms with Gasteiger partial charge in [0, 0.05) is 33.2 Å². The first-order valence-corrected chi connectivity index (χ1v) is 15.4. The van der Waals surface area contributed by atoms with Crippen molar-refractivity contribution in [1.29, 1.82) is 5.26 Å². The second-order valence-corrected chi connectivity index (χ2v) is 12.4. The minimum Gasteiger partial charge on any atom is -0.478 e. The van der Waals surface area contributed by atoms with Gasteiger partial charge in [-0.1, -0.05) is 78.3 Å². The molecule has 1 N–H and O–H groups in total. The third-order valence-electron chi connectivity index (χ3n) is 7.57. The number of nitriles is 1. The standard InChI is InChI=1S/C35H20ClF3N2O4S/c36-32-26(20-6-2-1-3-7-20)15-16-27(35(42)43)31(32)33-30(25-9-5-4-8-22(25)19-40)28-18-23(37)12-17-29(28)41(33)46(44,45)24-13-10-21(11-14-24)34(38)39/h1-18,34H,(H,42,43). The maximum Gasteiger partial charge on any atom is 0.336 e. The third kappa shape index (κ3) is 5.09. The van der Waals surface area contributed by atoms with E-state index in [9.17, 15) is 36.8 Å². The van der Waals surface area contributed by atoms with Gasteiger partial charge in [-0.3, -0.25) is 0 Å². The molecular formula is C35H20ClF3N2O4S. The Morgan fingerprint density at radius 3 is 2.17 bits per heavy atom. The van der Waals surface area contributed by atoms with Crippen LogP contribution in [0.25, 0.3) is 44.4 Å². The fourth-order valence-corrected chi connectivity index (χ4v) is 7.40. The number of carboxylic acid groups (broad SMARTS) is 1. The first kappa shape index (κ1) is 30.6. The summed E-state index contributed by atoms with van der Waals surface area (Å²) in [6.07, 6.45) is -2.85. The summed E-state index contributed by atoms with van der Waals surface area (Å²) in [4.78, 5) is 12.4. The summed E-state index contributed by atoms with van der Waals surface area (Å²) in [6.45, 7) is 0. The maximum absolute atomic E-state index is 15.0.